The molecule has 2 aromatic rings. The highest BCUT2D eigenvalue weighted by molar-refractivity contribution is 6.10. The molecule has 2 heterocycles. The molecular weight excluding hydrogens is 294 g/mol. The molecule has 2 aromatic heterocycles. The summed E-state index contributed by atoms with van der Waals surface area (Å²) in [6.45, 7) is 1.85. The standard InChI is InChI=1S/C15H11N7O/c1-10-2-3-11(8-18-10)20-15(23)14-5-4-12(9-19-14)21-22-13(6-16)7-17/h2-5,8-9,21H,1H3,(H,20,23). The van der Waals surface area contributed by atoms with Crippen LogP contribution >= 0.6 is 0 Å². The van der Waals surface area contributed by atoms with E-state index in [-0.39, 0.29) is 17.3 Å². The van der Waals surface area contributed by atoms with E-state index in [0.29, 0.717) is 11.4 Å². The van der Waals surface area contributed by atoms with Crippen molar-refractivity contribution in [1.82, 2.24) is 9.97 Å². The first-order valence-electron chi connectivity index (χ1n) is 6.46. The van der Waals surface area contributed by atoms with Crippen molar-refractivity contribution in [3.8, 4) is 12.1 Å². The second-order valence-corrected chi connectivity index (χ2v) is 4.37. The molecule has 0 fully saturated rings. The van der Waals surface area contributed by atoms with Crippen molar-refractivity contribution < 1.29 is 4.79 Å². The molecule has 0 aliphatic carbocycles. The molecule has 0 aromatic carbocycles. The Bertz CT molecular complexity index is 795. The van der Waals surface area contributed by atoms with E-state index in [4.69, 9.17) is 10.5 Å². The van der Waals surface area contributed by atoms with Gasteiger partial charge >= 0.3 is 0 Å². The van der Waals surface area contributed by atoms with Crippen molar-refractivity contribution in [3.05, 3.63) is 48.0 Å². The molecule has 2 N–H and O–H groups in total. The number of carbonyl (C=O) groups excluding carboxylic acids is 1. The van der Waals surface area contributed by atoms with Gasteiger partial charge in [-0.3, -0.25) is 15.2 Å². The first-order valence-corrected chi connectivity index (χ1v) is 6.46. The number of nitrogens with one attached hydrogen (secondary N) is 2. The third kappa shape index (κ3) is 4.34. The van der Waals surface area contributed by atoms with Gasteiger partial charge in [0.2, 0.25) is 5.71 Å². The number of hydrogen-bond acceptors (Lipinski definition) is 7. The summed E-state index contributed by atoms with van der Waals surface area (Å²) in [5, 5.41) is 23.4. The molecule has 0 bridgehead atoms. The van der Waals surface area contributed by atoms with Crippen LogP contribution < -0.4 is 10.7 Å². The van der Waals surface area contributed by atoms with Gasteiger partial charge in [-0.25, -0.2) is 4.98 Å². The molecule has 0 spiro atoms. The van der Waals surface area contributed by atoms with E-state index in [2.05, 4.69) is 25.8 Å². The maximum Gasteiger partial charge on any atom is 0.274 e. The topological polar surface area (TPSA) is 127 Å². The van der Waals surface area contributed by atoms with E-state index < -0.39 is 0 Å². The lowest BCUT2D eigenvalue weighted by atomic mass is 10.3. The first-order chi connectivity index (χ1) is 11.1. The van der Waals surface area contributed by atoms with Gasteiger partial charge in [-0.05, 0) is 31.2 Å². The van der Waals surface area contributed by atoms with Gasteiger partial charge in [0.15, 0.2) is 0 Å². The van der Waals surface area contributed by atoms with E-state index in [1.54, 1.807) is 36.5 Å². The van der Waals surface area contributed by atoms with Gasteiger partial charge in [-0.1, -0.05) is 0 Å². The molecule has 0 radical (unpaired) electrons. The summed E-state index contributed by atoms with van der Waals surface area (Å²) in [7, 11) is 0. The third-order valence-electron chi connectivity index (χ3n) is 2.67. The van der Waals surface area contributed by atoms with E-state index in [9.17, 15) is 4.79 Å². The fraction of sp³-hybridized carbons (Fsp3) is 0.0667. The fourth-order valence-corrected chi connectivity index (χ4v) is 1.53. The summed E-state index contributed by atoms with van der Waals surface area (Å²) in [6.07, 6.45) is 2.93. The zero-order chi connectivity index (χ0) is 16.7. The predicted octanol–water partition coefficient (Wildman–Crippen LogP) is 1.85. The van der Waals surface area contributed by atoms with E-state index in [0.717, 1.165) is 5.69 Å². The Hall–Kier alpha value is -3.78. The quantitative estimate of drug-likeness (QED) is 0.655. The molecule has 23 heavy (non-hydrogen) atoms. The number of aromatic nitrogens is 2. The summed E-state index contributed by atoms with van der Waals surface area (Å²) in [5.41, 5.74) is 4.28. The molecule has 2 rings (SSSR count). The molecule has 0 aliphatic heterocycles. The van der Waals surface area contributed by atoms with Crippen LogP contribution in [0.2, 0.25) is 0 Å². The van der Waals surface area contributed by atoms with Gasteiger partial charge in [0.25, 0.3) is 5.91 Å². The normalized spacial score (nSPS) is 9.17. The lowest BCUT2D eigenvalue weighted by Gasteiger charge is -2.05. The molecule has 0 saturated heterocycles. The number of carbonyl (C=O) groups is 1. The zero-order valence-corrected chi connectivity index (χ0v) is 12.1. The van der Waals surface area contributed by atoms with Crippen LogP contribution in [0.15, 0.2) is 41.8 Å². The minimum absolute atomic E-state index is 0.209. The minimum atomic E-state index is -0.375. The van der Waals surface area contributed by atoms with Crippen LogP contribution in [-0.2, 0) is 0 Å². The smallest absolute Gasteiger partial charge is 0.274 e. The Labute approximate surface area is 132 Å². The molecule has 1 amide bonds. The van der Waals surface area contributed by atoms with Gasteiger partial charge < -0.3 is 5.32 Å². The fourth-order valence-electron chi connectivity index (χ4n) is 1.53. The molecule has 0 aliphatic rings. The van der Waals surface area contributed by atoms with Crippen molar-refractivity contribution in [2.75, 3.05) is 10.7 Å². The van der Waals surface area contributed by atoms with Crippen LogP contribution in [-0.4, -0.2) is 21.6 Å². The Morgan fingerprint density at radius 2 is 1.78 bits per heavy atom. The van der Waals surface area contributed by atoms with Crippen LogP contribution in [0.25, 0.3) is 0 Å². The molecule has 0 saturated carbocycles. The van der Waals surface area contributed by atoms with Crippen LogP contribution in [0.5, 0.6) is 0 Å². The number of hydrogen-bond donors (Lipinski definition) is 2. The van der Waals surface area contributed by atoms with Gasteiger partial charge in [-0.15, -0.1) is 0 Å². The summed E-state index contributed by atoms with van der Waals surface area (Å²) < 4.78 is 0. The van der Waals surface area contributed by atoms with Gasteiger partial charge in [0.1, 0.15) is 17.8 Å². The van der Waals surface area contributed by atoms with Crippen molar-refractivity contribution >= 4 is 23.0 Å². The highest BCUT2D eigenvalue weighted by Crippen LogP contribution is 2.10. The number of anilines is 2. The first kappa shape index (κ1) is 15.6. The summed E-state index contributed by atoms with van der Waals surface area (Å²) in [6, 6.07) is 9.83. The van der Waals surface area contributed by atoms with Crippen LogP contribution in [0, 0.1) is 29.6 Å². The highest BCUT2D eigenvalue weighted by Gasteiger charge is 2.07. The number of nitrogens with zero attached hydrogens (tertiary/aromatic N) is 5. The SMILES string of the molecule is Cc1ccc(NC(=O)c2ccc(NN=C(C#N)C#N)cn2)cn1. The predicted molar refractivity (Wildman–Crippen MR) is 83.4 cm³/mol. The number of nitriles is 2. The molecule has 0 unspecified atom stereocenters. The largest absolute Gasteiger partial charge is 0.319 e. The van der Waals surface area contributed by atoms with E-state index in [1.807, 2.05) is 6.92 Å². The molecule has 8 heteroatoms. The minimum Gasteiger partial charge on any atom is -0.319 e. The highest BCUT2D eigenvalue weighted by atomic mass is 16.1. The molecule has 8 nitrogen and oxygen atoms in total. The van der Waals surface area contributed by atoms with Gasteiger partial charge in [0, 0.05) is 5.69 Å². The Morgan fingerprint density at radius 1 is 1.09 bits per heavy atom. The Kier molecular flexibility index (Phi) is 4.95. The Morgan fingerprint density at radius 3 is 2.35 bits per heavy atom. The lowest BCUT2D eigenvalue weighted by molar-refractivity contribution is 0.102. The monoisotopic (exact) mass is 305 g/mol. The van der Waals surface area contributed by atoms with Gasteiger partial charge in [-0.2, -0.15) is 15.6 Å². The van der Waals surface area contributed by atoms with E-state index >= 15 is 0 Å². The average molecular weight is 305 g/mol. The van der Waals surface area contributed by atoms with Crippen molar-refractivity contribution in [2.45, 2.75) is 6.92 Å². The number of amides is 1. The molecule has 112 valence electrons. The summed E-state index contributed by atoms with van der Waals surface area (Å²) >= 11 is 0. The number of aryl methyl sites for hydroxylation is 1. The van der Waals surface area contributed by atoms with Crippen molar-refractivity contribution in [1.29, 1.82) is 10.5 Å². The molecular formula is C15H11N7O. The Balaban J connectivity index is 2.03. The van der Waals surface area contributed by atoms with Crippen LogP contribution in [0.4, 0.5) is 11.4 Å². The lowest BCUT2D eigenvalue weighted by Crippen LogP contribution is -2.13. The van der Waals surface area contributed by atoms with Crippen LogP contribution in [0.3, 0.4) is 0 Å². The van der Waals surface area contributed by atoms with Crippen molar-refractivity contribution in [2.24, 2.45) is 5.10 Å². The van der Waals surface area contributed by atoms with Crippen molar-refractivity contribution in [3.63, 3.8) is 0 Å². The maximum atomic E-state index is 12.0. The van der Waals surface area contributed by atoms with Gasteiger partial charge in [0.05, 0.1) is 23.8 Å². The van der Waals surface area contributed by atoms with E-state index in [1.165, 1.54) is 12.3 Å². The summed E-state index contributed by atoms with van der Waals surface area (Å²) in [5.74, 6) is -0.375. The third-order valence-corrected chi connectivity index (χ3v) is 2.67. The number of hydrazone groups is 1. The molecule has 0 atom stereocenters. The average Bonchev–Trinajstić information content (AvgIpc) is 2.58. The maximum absolute atomic E-state index is 12.0. The number of rotatable bonds is 4. The van der Waals surface area contributed by atoms with Crippen LogP contribution in [0.1, 0.15) is 16.2 Å². The number of pyridine rings is 2. The summed E-state index contributed by atoms with van der Waals surface area (Å²) in [4.78, 5) is 20.1. The second kappa shape index (κ2) is 7.29. The second-order valence-electron chi connectivity index (χ2n) is 4.37. The zero-order valence-electron chi connectivity index (χ0n) is 12.1.